The van der Waals surface area contributed by atoms with Gasteiger partial charge in [0.25, 0.3) is 5.56 Å². The van der Waals surface area contributed by atoms with E-state index < -0.39 is 0 Å². The number of hydrogen-bond donors (Lipinski definition) is 1. The first-order valence-electron chi connectivity index (χ1n) is 14.3. The van der Waals surface area contributed by atoms with E-state index in [0.717, 1.165) is 55.6 Å². The summed E-state index contributed by atoms with van der Waals surface area (Å²) in [4.78, 5) is 32.3. The Morgan fingerprint density at radius 1 is 1.07 bits per heavy atom. The van der Waals surface area contributed by atoms with E-state index >= 15 is 0 Å². The zero-order valence-electron chi connectivity index (χ0n) is 23.4. The van der Waals surface area contributed by atoms with Crippen LogP contribution in [0.2, 0.25) is 0 Å². The average Bonchev–Trinajstić information content (AvgIpc) is 3.61. The van der Waals surface area contributed by atoms with Gasteiger partial charge < -0.3 is 15.1 Å². The van der Waals surface area contributed by atoms with Crippen molar-refractivity contribution < 1.29 is 0 Å². The molecule has 2 unspecified atom stereocenters. The second-order valence-corrected chi connectivity index (χ2v) is 11.1. The minimum atomic E-state index is -0.196. The fourth-order valence-corrected chi connectivity index (χ4v) is 6.17. The van der Waals surface area contributed by atoms with Gasteiger partial charge in [-0.05, 0) is 74.5 Å². The van der Waals surface area contributed by atoms with Crippen molar-refractivity contribution in [2.75, 3.05) is 43.4 Å². The van der Waals surface area contributed by atoms with Crippen molar-refractivity contribution in [3.63, 3.8) is 0 Å². The highest BCUT2D eigenvalue weighted by Crippen LogP contribution is 2.33. The predicted octanol–water partition coefficient (Wildman–Crippen LogP) is 4.14. The lowest BCUT2D eigenvalue weighted by molar-refractivity contribution is 0.387. The molecular formula is C31H35N9O. The highest BCUT2D eigenvalue weighted by atomic mass is 16.1. The van der Waals surface area contributed by atoms with Crippen LogP contribution >= 0.6 is 0 Å². The van der Waals surface area contributed by atoms with Crippen LogP contribution in [-0.4, -0.2) is 62.4 Å². The van der Waals surface area contributed by atoms with Crippen molar-refractivity contribution in [2.45, 2.75) is 32.2 Å². The van der Waals surface area contributed by atoms with Gasteiger partial charge in [-0.25, -0.2) is 19.3 Å². The molecule has 210 valence electrons. The van der Waals surface area contributed by atoms with Crippen LogP contribution in [0.1, 0.15) is 25.0 Å². The molecule has 0 aliphatic carbocycles. The lowest BCUT2D eigenvalue weighted by Crippen LogP contribution is -2.26. The maximum atomic E-state index is 13.3. The highest BCUT2D eigenvalue weighted by Gasteiger charge is 2.38. The molecular weight excluding hydrogens is 514 g/mol. The molecule has 0 bridgehead atoms. The molecule has 4 aromatic rings. The van der Waals surface area contributed by atoms with Gasteiger partial charge in [-0.2, -0.15) is 10.2 Å². The monoisotopic (exact) mass is 549 g/mol. The number of pyridine rings is 1. The Morgan fingerprint density at radius 2 is 1.85 bits per heavy atom. The van der Waals surface area contributed by atoms with Crippen molar-refractivity contribution in [1.82, 2.24) is 29.2 Å². The van der Waals surface area contributed by atoms with E-state index in [1.165, 1.54) is 18.8 Å². The molecule has 41 heavy (non-hydrogen) atoms. The summed E-state index contributed by atoms with van der Waals surface area (Å²) in [5.41, 5.74) is 3.30. The van der Waals surface area contributed by atoms with E-state index in [-0.39, 0.29) is 5.56 Å². The number of nitriles is 1. The topological polar surface area (TPSA) is 108 Å². The summed E-state index contributed by atoms with van der Waals surface area (Å²) in [6.07, 6.45) is 6.25. The Balaban J connectivity index is 1.25. The maximum absolute atomic E-state index is 13.3. The van der Waals surface area contributed by atoms with Crippen molar-refractivity contribution >= 4 is 28.4 Å². The van der Waals surface area contributed by atoms with Crippen LogP contribution in [0.3, 0.4) is 0 Å². The van der Waals surface area contributed by atoms with Crippen LogP contribution < -0.4 is 15.8 Å². The van der Waals surface area contributed by atoms with E-state index in [4.69, 9.17) is 15.2 Å². The van der Waals surface area contributed by atoms with Gasteiger partial charge in [0.05, 0.1) is 12.6 Å². The van der Waals surface area contributed by atoms with E-state index in [1.807, 2.05) is 18.2 Å². The fourth-order valence-electron chi connectivity index (χ4n) is 6.17. The molecule has 5 heterocycles. The maximum Gasteiger partial charge on any atom is 0.278 e. The predicted molar refractivity (Wildman–Crippen MR) is 161 cm³/mol. The van der Waals surface area contributed by atoms with Gasteiger partial charge in [-0.1, -0.05) is 12.1 Å². The van der Waals surface area contributed by atoms with E-state index in [9.17, 15) is 4.79 Å². The molecule has 2 aliphatic heterocycles. The van der Waals surface area contributed by atoms with Crippen molar-refractivity contribution in [1.29, 1.82) is 5.26 Å². The molecule has 10 nitrogen and oxygen atoms in total. The summed E-state index contributed by atoms with van der Waals surface area (Å²) in [6, 6.07) is 16.4. The summed E-state index contributed by atoms with van der Waals surface area (Å²) in [7, 11) is 2.21. The number of anilines is 3. The summed E-state index contributed by atoms with van der Waals surface area (Å²) in [6.45, 7) is 8.72. The number of benzene rings is 1. The normalized spacial score (nSPS) is 18.5. The number of aryl methyl sites for hydroxylation is 1. The molecule has 1 aromatic carbocycles. The summed E-state index contributed by atoms with van der Waals surface area (Å²) in [5.74, 6) is 2.51. The van der Waals surface area contributed by atoms with Gasteiger partial charge in [0.15, 0.2) is 11.5 Å². The molecule has 2 fully saturated rings. The van der Waals surface area contributed by atoms with Crippen LogP contribution in [0.15, 0.2) is 66.1 Å². The Morgan fingerprint density at radius 3 is 2.59 bits per heavy atom. The number of fused-ring (bicyclic) bond motifs is 2. The second-order valence-electron chi connectivity index (χ2n) is 11.1. The first kappa shape index (κ1) is 26.7. The summed E-state index contributed by atoms with van der Waals surface area (Å²) in [5, 5.41) is 12.5. The first-order chi connectivity index (χ1) is 20.0. The smallest absolute Gasteiger partial charge is 0.278 e. The lowest BCUT2D eigenvalue weighted by atomic mass is 10.0. The number of likely N-dealkylation sites (tertiary alicyclic amines) is 1. The van der Waals surface area contributed by atoms with E-state index in [1.54, 1.807) is 21.6 Å². The average molecular weight is 550 g/mol. The van der Waals surface area contributed by atoms with Crippen LogP contribution in [0, 0.1) is 23.2 Å². The van der Waals surface area contributed by atoms with Gasteiger partial charge in [0, 0.05) is 55.9 Å². The molecule has 0 amide bonds. The van der Waals surface area contributed by atoms with Crippen molar-refractivity contribution in [3.05, 3.63) is 77.4 Å². The number of unbranched alkanes of at least 4 members (excludes halogenated alkanes) is 2. The van der Waals surface area contributed by atoms with Gasteiger partial charge in [0.2, 0.25) is 5.95 Å². The summed E-state index contributed by atoms with van der Waals surface area (Å²) < 4.78 is 3.33. The highest BCUT2D eigenvalue weighted by molar-refractivity contribution is 5.77. The zero-order chi connectivity index (χ0) is 28.3. The number of nitrogens with zero attached hydrogens (tertiary/aromatic N) is 8. The Bertz CT molecular complexity index is 1640. The molecule has 2 aliphatic rings. The molecule has 0 radical (unpaired) electrons. The van der Waals surface area contributed by atoms with Crippen LogP contribution in [0.5, 0.6) is 0 Å². The first-order valence-corrected chi connectivity index (χ1v) is 14.3. The van der Waals surface area contributed by atoms with Gasteiger partial charge in [0.1, 0.15) is 5.39 Å². The number of hydrogen-bond acceptors (Lipinski definition) is 8. The number of nitrogens with one attached hydrogen (secondary N) is 1. The van der Waals surface area contributed by atoms with Gasteiger partial charge in [-0.15, -0.1) is 6.58 Å². The van der Waals surface area contributed by atoms with Crippen LogP contribution in [-0.2, 0) is 13.0 Å². The molecule has 1 N–H and O–H groups in total. The van der Waals surface area contributed by atoms with E-state index in [0.29, 0.717) is 35.8 Å². The Labute approximate surface area is 239 Å². The summed E-state index contributed by atoms with van der Waals surface area (Å²) >= 11 is 0. The molecule has 0 saturated carbocycles. The standard InChI is InChI=1S/C31H35N9O/c1-3-16-39-30(41)27-17-33-31(36-29(27)40(39)28-10-7-9-24(34-28)8-5-4-6-15-32)35-25-11-13-26(14-12-25)38-20-22-18-37(2)19-23(22)21-38/h3,7,9-14,17,22-23H,1,4-6,8,16,18-21H2,2H3,(H,33,35,36). The number of aromatic nitrogens is 5. The lowest BCUT2D eigenvalue weighted by Gasteiger charge is -2.21. The van der Waals surface area contributed by atoms with Crippen molar-refractivity contribution in [3.8, 4) is 11.9 Å². The molecule has 10 heteroatoms. The number of rotatable bonds is 10. The third-order valence-corrected chi connectivity index (χ3v) is 8.12. The third-order valence-electron chi connectivity index (χ3n) is 8.12. The number of allylic oxidation sites excluding steroid dienone is 1. The minimum absolute atomic E-state index is 0.196. The zero-order valence-corrected chi connectivity index (χ0v) is 23.4. The van der Waals surface area contributed by atoms with Crippen LogP contribution in [0.4, 0.5) is 17.3 Å². The Hall–Kier alpha value is -4.49. The largest absolute Gasteiger partial charge is 0.371 e. The molecule has 2 atom stereocenters. The fraction of sp³-hybridized carbons (Fsp3) is 0.387. The van der Waals surface area contributed by atoms with Gasteiger partial charge >= 0.3 is 0 Å². The third kappa shape index (κ3) is 5.45. The molecule has 3 aromatic heterocycles. The minimum Gasteiger partial charge on any atom is -0.371 e. The molecule has 2 saturated heterocycles. The quantitative estimate of drug-likeness (QED) is 0.232. The Kier molecular flexibility index (Phi) is 7.53. The molecule has 0 spiro atoms. The van der Waals surface area contributed by atoms with Gasteiger partial charge in [-0.3, -0.25) is 4.79 Å². The van der Waals surface area contributed by atoms with Crippen LogP contribution in [0.25, 0.3) is 16.9 Å². The second kappa shape index (κ2) is 11.6. The van der Waals surface area contributed by atoms with E-state index in [2.05, 4.69) is 64.1 Å². The molecule has 6 rings (SSSR count). The van der Waals surface area contributed by atoms with Crippen molar-refractivity contribution in [2.24, 2.45) is 11.8 Å². The SMILES string of the molecule is C=CCn1c(=O)c2cnc(Nc3ccc(N4CC5CN(C)CC5C4)cc3)nc2n1-c1cccc(CCCCC#N)n1.